The number of amides is 2. The second-order valence-corrected chi connectivity index (χ2v) is 8.40. The largest absolute Gasteiger partial charge is 0.497 e. The fraction of sp³-hybridized carbons (Fsp3) is 0.440. The van der Waals surface area contributed by atoms with Crippen LogP contribution in [-0.2, 0) is 20.9 Å². The topological polar surface area (TPSA) is 59.1 Å². The van der Waals surface area contributed by atoms with Crippen molar-refractivity contribution in [1.82, 2.24) is 4.90 Å². The van der Waals surface area contributed by atoms with Gasteiger partial charge in [-0.25, -0.2) is 0 Å². The van der Waals surface area contributed by atoms with Crippen molar-refractivity contribution in [3.05, 3.63) is 60.2 Å². The molecule has 2 aliphatic heterocycles. The van der Waals surface area contributed by atoms with Crippen LogP contribution >= 0.6 is 0 Å². The van der Waals surface area contributed by atoms with Crippen molar-refractivity contribution in [1.29, 1.82) is 0 Å². The number of hydrogen-bond acceptors (Lipinski definition) is 4. The molecule has 4 rings (SSSR count). The minimum Gasteiger partial charge on any atom is -0.497 e. The number of hydrogen-bond donors (Lipinski definition) is 0. The molecule has 2 aliphatic rings. The number of anilines is 1. The van der Waals surface area contributed by atoms with Gasteiger partial charge < -0.3 is 19.3 Å². The molecular formula is C25H30N2O4. The number of ether oxygens (including phenoxy) is 2. The van der Waals surface area contributed by atoms with Gasteiger partial charge in [-0.3, -0.25) is 9.59 Å². The normalized spacial score (nSPS) is 21.4. The number of benzene rings is 2. The number of rotatable bonds is 7. The molecule has 6 nitrogen and oxygen atoms in total. The summed E-state index contributed by atoms with van der Waals surface area (Å²) in [6.07, 6.45) is 2.31. The molecule has 0 aromatic heterocycles. The Labute approximate surface area is 183 Å². The highest BCUT2D eigenvalue weighted by Crippen LogP contribution is 2.30. The third kappa shape index (κ3) is 5.25. The lowest BCUT2D eigenvalue weighted by Gasteiger charge is -2.34. The number of carbonyl (C=O) groups excluding carboxylic acids is 2. The van der Waals surface area contributed by atoms with Gasteiger partial charge in [0, 0.05) is 37.8 Å². The quantitative estimate of drug-likeness (QED) is 0.685. The van der Waals surface area contributed by atoms with E-state index in [4.69, 9.17) is 9.47 Å². The van der Waals surface area contributed by atoms with Crippen molar-refractivity contribution in [3.63, 3.8) is 0 Å². The van der Waals surface area contributed by atoms with Crippen LogP contribution in [0.25, 0.3) is 0 Å². The second-order valence-electron chi connectivity index (χ2n) is 8.40. The standard InChI is InChI=1S/C25H30N2O4/c1-30-23-11-5-10-22(14-23)27-16-21(13-24(27)28)25(29)26-12-6-9-20(15-26)18-31-17-19-7-3-2-4-8-19/h2-5,7-8,10-11,14,20-21H,6,9,12-13,15-18H2,1H3/t20-,21-/m0/s1. The summed E-state index contributed by atoms with van der Waals surface area (Å²) in [6, 6.07) is 17.6. The smallest absolute Gasteiger partial charge is 0.228 e. The third-order valence-corrected chi connectivity index (χ3v) is 6.14. The van der Waals surface area contributed by atoms with Crippen molar-refractivity contribution < 1.29 is 19.1 Å². The predicted molar refractivity (Wildman–Crippen MR) is 119 cm³/mol. The first-order valence-electron chi connectivity index (χ1n) is 11.0. The van der Waals surface area contributed by atoms with Crippen LogP contribution in [0.3, 0.4) is 0 Å². The van der Waals surface area contributed by atoms with Crippen molar-refractivity contribution in [2.75, 3.05) is 38.3 Å². The van der Waals surface area contributed by atoms with Gasteiger partial charge in [-0.1, -0.05) is 36.4 Å². The van der Waals surface area contributed by atoms with Crippen LogP contribution in [0.5, 0.6) is 5.75 Å². The molecule has 0 radical (unpaired) electrons. The van der Waals surface area contributed by atoms with Gasteiger partial charge in [0.15, 0.2) is 0 Å². The first kappa shape index (κ1) is 21.4. The highest BCUT2D eigenvalue weighted by molar-refractivity contribution is 6.00. The molecule has 2 aromatic rings. The SMILES string of the molecule is COc1cccc(N2C[C@@H](C(=O)N3CCC[C@H](COCc4ccccc4)C3)CC2=O)c1. The molecule has 2 saturated heterocycles. The van der Waals surface area contributed by atoms with Gasteiger partial charge in [-0.2, -0.15) is 0 Å². The highest BCUT2D eigenvalue weighted by atomic mass is 16.5. The first-order chi connectivity index (χ1) is 15.1. The van der Waals surface area contributed by atoms with E-state index < -0.39 is 0 Å². The summed E-state index contributed by atoms with van der Waals surface area (Å²) in [5, 5.41) is 0. The zero-order valence-electron chi connectivity index (χ0n) is 18.0. The Morgan fingerprint density at radius 1 is 1.10 bits per heavy atom. The van der Waals surface area contributed by atoms with Crippen LogP contribution in [-0.4, -0.2) is 50.1 Å². The Kier molecular flexibility index (Phi) is 6.87. The molecule has 2 fully saturated rings. The third-order valence-electron chi connectivity index (χ3n) is 6.14. The van der Waals surface area contributed by atoms with E-state index in [2.05, 4.69) is 12.1 Å². The molecule has 0 bridgehead atoms. The first-order valence-corrected chi connectivity index (χ1v) is 11.0. The van der Waals surface area contributed by atoms with E-state index in [9.17, 15) is 9.59 Å². The van der Waals surface area contributed by atoms with Crippen LogP contribution in [0.2, 0.25) is 0 Å². The van der Waals surface area contributed by atoms with E-state index >= 15 is 0 Å². The molecule has 0 aliphatic carbocycles. The summed E-state index contributed by atoms with van der Waals surface area (Å²) in [7, 11) is 1.60. The van der Waals surface area contributed by atoms with Gasteiger partial charge in [0.1, 0.15) is 5.75 Å². The lowest BCUT2D eigenvalue weighted by Crippen LogP contribution is -2.44. The zero-order valence-corrected chi connectivity index (χ0v) is 18.0. The molecule has 2 heterocycles. The Balaban J connectivity index is 1.31. The summed E-state index contributed by atoms with van der Waals surface area (Å²) >= 11 is 0. The van der Waals surface area contributed by atoms with Crippen molar-refractivity contribution in [2.45, 2.75) is 25.9 Å². The fourth-order valence-electron chi connectivity index (χ4n) is 4.48. The van der Waals surface area contributed by atoms with Crippen LogP contribution in [0.15, 0.2) is 54.6 Å². The van der Waals surface area contributed by atoms with E-state index in [1.807, 2.05) is 47.4 Å². The van der Waals surface area contributed by atoms with Crippen molar-refractivity contribution in [3.8, 4) is 5.75 Å². The lowest BCUT2D eigenvalue weighted by atomic mass is 9.97. The minimum atomic E-state index is -0.289. The molecule has 2 atom stereocenters. The van der Waals surface area contributed by atoms with Gasteiger partial charge in [0.2, 0.25) is 11.8 Å². The van der Waals surface area contributed by atoms with Gasteiger partial charge in [0.05, 0.1) is 26.2 Å². The van der Waals surface area contributed by atoms with E-state index in [1.54, 1.807) is 12.0 Å². The molecule has 0 spiro atoms. The number of methoxy groups -OCH3 is 1. The van der Waals surface area contributed by atoms with Crippen LogP contribution in [0.1, 0.15) is 24.8 Å². The molecule has 2 aromatic carbocycles. The monoisotopic (exact) mass is 422 g/mol. The van der Waals surface area contributed by atoms with E-state index in [-0.39, 0.29) is 24.2 Å². The average molecular weight is 423 g/mol. The number of piperidine rings is 1. The number of nitrogens with zero attached hydrogens (tertiary/aromatic N) is 2. The zero-order chi connectivity index (χ0) is 21.6. The molecule has 0 saturated carbocycles. The Bertz CT molecular complexity index is 901. The number of carbonyl (C=O) groups is 2. The summed E-state index contributed by atoms with van der Waals surface area (Å²) < 4.78 is 11.2. The molecule has 0 unspecified atom stereocenters. The second kappa shape index (κ2) is 9.96. The molecular weight excluding hydrogens is 392 g/mol. The summed E-state index contributed by atoms with van der Waals surface area (Å²) in [5.74, 6) is 0.836. The molecule has 6 heteroatoms. The fourth-order valence-corrected chi connectivity index (χ4v) is 4.48. The number of likely N-dealkylation sites (tertiary alicyclic amines) is 1. The van der Waals surface area contributed by atoms with Gasteiger partial charge >= 0.3 is 0 Å². The van der Waals surface area contributed by atoms with Gasteiger partial charge in [-0.15, -0.1) is 0 Å². The van der Waals surface area contributed by atoms with Crippen LogP contribution < -0.4 is 9.64 Å². The Hall–Kier alpha value is -2.86. The Morgan fingerprint density at radius 3 is 2.74 bits per heavy atom. The Morgan fingerprint density at radius 2 is 1.94 bits per heavy atom. The van der Waals surface area contributed by atoms with Gasteiger partial charge in [-0.05, 0) is 36.5 Å². The lowest BCUT2D eigenvalue weighted by molar-refractivity contribution is -0.138. The van der Waals surface area contributed by atoms with Gasteiger partial charge in [0.25, 0.3) is 0 Å². The highest BCUT2D eigenvalue weighted by Gasteiger charge is 2.38. The molecule has 0 N–H and O–H groups in total. The van der Waals surface area contributed by atoms with E-state index in [0.717, 1.165) is 30.6 Å². The van der Waals surface area contributed by atoms with E-state index in [1.165, 1.54) is 0 Å². The summed E-state index contributed by atoms with van der Waals surface area (Å²) in [4.78, 5) is 29.4. The van der Waals surface area contributed by atoms with E-state index in [0.29, 0.717) is 38.0 Å². The maximum atomic E-state index is 13.2. The maximum absolute atomic E-state index is 13.2. The molecule has 31 heavy (non-hydrogen) atoms. The maximum Gasteiger partial charge on any atom is 0.228 e. The minimum absolute atomic E-state index is 0.00800. The molecule has 164 valence electrons. The van der Waals surface area contributed by atoms with Crippen LogP contribution in [0.4, 0.5) is 5.69 Å². The molecule has 2 amide bonds. The predicted octanol–water partition coefficient (Wildman–Crippen LogP) is 3.50. The summed E-state index contributed by atoms with van der Waals surface area (Å²) in [6.45, 7) is 3.14. The average Bonchev–Trinajstić information content (AvgIpc) is 3.21. The van der Waals surface area contributed by atoms with Crippen molar-refractivity contribution in [2.24, 2.45) is 11.8 Å². The van der Waals surface area contributed by atoms with Crippen molar-refractivity contribution >= 4 is 17.5 Å². The summed E-state index contributed by atoms with van der Waals surface area (Å²) in [5.41, 5.74) is 1.94. The van der Waals surface area contributed by atoms with Crippen LogP contribution in [0, 0.1) is 11.8 Å².